The summed E-state index contributed by atoms with van der Waals surface area (Å²) in [6.45, 7) is 11.3. The molecule has 1 aliphatic rings. The normalized spacial score (nSPS) is 22.5. The van der Waals surface area contributed by atoms with Gasteiger partial charge in [0.15, 0.2) is 0 Å². The van der Waals surface area contributed by atoms with Crippen LogP contribution in [0.5, 0.6) is 0 Å². The Hall–Kier alpha value is -0.660. The summed E-state index contributed by atoms with van der Waals surface area (Å²) in [5, 5.41) is 0. The fraction of sp³-hybridized carbons (Fsp3) is 0.867. The van der Waals surface area contributed by atoms with Crippen molar-refractivity contribution in [3.63, 3.8) is 0 Å². The molecule has 1 aliphatic carbocycles. The second-order valence-corrected chi connectivity index (χ2v) is 4.23. The Morgan fingerprint density at radius 1 is 0.882 bits per heavy atom. The monoisotopic (exact) mass is 242 g/mol. The highest BCUT2D eigenvalue weighted by Crippen LogP contribution is 2.31. The molecule has 0 aromatic rings. The third kappa shape index (κ3) is 9.08. The Labute approximate surface area is 107 Å². The molecule has 0 radical (unpaired) electrons. The van der Waals surface area contributed by atoms with Crippen molar-refractivity contribution >= 4 is 11.6 Å². The van der Waals surface area contributed by atoms with Crippen LogP contribution < -0.4 is 0 Å². The molecule has 0 unspecified atom stereocenters. The minimum Gasteiger partial charge on any atom is -0.300 e. The first-order chi connectivity index (χ1) is 8.09. The maximum Gasteiger partial charge on any atom is 0.132 e. The predicted molar refractivity (Wildman–Crippen MR) is 74.1 cm³/mol. The molecule has 0 N–H and O–H groups in total. The molecular weight excluding hydrogens is 212 g/mol. The summed E-state index contributed by atoms with van der Waals surface area (Å²) in [5.41, 5.74) is 0. The quantitative estimate of drug-likeness (QED) is 0.734. The van der Waals surface area contributed by atoms with E-state index in [1.807, 2.05) is 27.7 Å². The lowest BCUT2D eigenvalue weighted by molar-refractivity contribution is -0.122. The third-order valence-electron chi connectivity index (χ3n) is 3.00. The fourth-order valence-corrected chi connectivity index (χ4v) is 2.18. The lowest BCUT2D eigenvalue weighted by Crippen LogP contribution is -2.20. The summed E-state index contributed by atoms with van der Waals surface area (Å²) in [4.78, 5) is 21.9. The molecule has 102 valence electrons. The SMILES string of the molecule is CC.CC.CC(=O)CC1CCC(C(C)=O)CC1. The lowest BCUT2D eigenvalue weighted by atomic mass is 9.78. The first-order valence-electron chi connectivity index (χ1n) is 7.09. The third-order valence-corrected chi connectivity index (χ3v) is 3.00. The average Bonchev–Trinajstić information content (AvgIpc) is 2.34. The molecule has 1 saturated carbocycles. The van der Waals surface area contributed by atoms with Gasteiger partial charge >= 0.3 is 0 Å². The zero-order valence-electron chi connectivity index (χ0n) is 12.5. The van der Waals surface area contributed by atoms with Crippen LogP contribution in [0.1, 0.15) is 73.6 Å². The van der Waals surface area contributed by atoms with Crippen molar-refractivity contribution in [1.29, 1.82) is 0 Å². The van der Waals surface area contributed by atoms with E-state index in [-0.39, 0.29) is 11.7 Å². The van der Waals surface area contributed by atoms with Crippen LogP contribution >= 0.6 is 0 Å². The number of carbonyl (C=O) groups excluding carboxylic acids is 2. The van der Waals surface area contributed by atoms with Crippen LogP contribution in [0, 0.1) is 11.8 Å². The second-order valence-electron chi connectivity index (χ2n) is 4.23. The Kier molecular flexibility index (Phi) is 13.0. The highest BCUT2D eigenvalue weighted by Gasteiger charge is 2.24. The minimum absolute atomic E-state index is 0.281. The molecule has 0 spiro atoms. The molecule has 17 heavy (non-hydrogen) atoms. The molecule has 2 heteroatoms. The number of hydrogen-bond acceptors (Lipinski definition) is 2. The second kappa shape index (κ2) is 11.8. The summed E-state index contributed by atoms with van der Waals surface area (Å²) < 4.78 is 0. The molecule has 1 rings (SSSR count). The molecule has 2 nitrogen and oxygen atoms in total. The lowest BCUT2D eigenvalue weighted by Gasteiger charge is -2.26. The van der Waals surface area contributed by atoms with Crippen LogP contribution in [0.4, 0.5) is 0 Å². The molecule has 0 atom stereocenters. The first kappa shape index (κ1) is 18.7. The molecule has 0 heterocycles. The van der Waals surface area contributed by atoms with Gasteiger partial charge in [-0.05, 0) is 45.4 Å². The van der Waals surface area contributed by atoms with E-state index in [0.29, 0.717) is 18.1 Å². The first-order valence-corrected chi connectivity index (χ1v) is 7.09. The Morgan fingerprint density at radius 3 is 1.59 bits per heavy atom. The van der Waals surface area contributed by atoms with Gasteiger partial charge in [0.2, 0.25) is 0 Å². The van der Waals surface area contributed by atoms with Gasteiger partial charge in [0.05, 0.1) is 0 Å². The number of ketones is 2. The molecule has 0 saturated heterocycles. The largest absolute Gasteiger partial charge is 0.300 e. The summed E-state index contributed by atoms with van der Waals surface area (Å²) in [7, 11) is 0. The average molecular weight is 242 g/mol. The van der Waals surface area contributed by atoms with E-state index in [1.165, 1.54) is 0 Å². The van der Waals surface area contributed by atoms with Gasteiger partial charge in [-0.15, -0.1) is 0 Å². The molecule has 0 aliphatic heterocycles. The van der Waals surface area contributed by atoms with E-state index < -0.39 is 0 Å². The van der Waals surface area contributed by atoms with Gasteiger partial charge in [-0.1, -0.05) is 27.7 Å². The standard InChI is InChI=1S/C11H18O2.2C2H6/c1-8(12)7-10-3-5-11(6-4-10)9(2)13;2*1-2/h10-11H,3-7H2,1-2H3;2*1-2H3. The number of rotatable bonds is 3. The van der Waals surface area contributed by atoms with Crippen LogP contribution in [0.15, 0.2) is 0 Å². The highest BCUT2D eigenvalue weighted by atomic mass is 16.1. The molecule has 1 fully saturated rings. The van der Waals surface area contributed by atoms with Crippen LogP contribution in [0.25, 0.3) is 0 Å². The summed E-state index contributed by atoms with van der Waals surface area (Å²) in [5.74, 6) is 1.43. The van der Waals surface area contributed by atoms with Crippen molar-refractivity contribution in [2.24, 2.45) is 11.8 Å². The Morgan fingerprint density at radius 2 is 1.29 bits per heavy atom. The van der Waals surface area contributed by atoms with Crippen LogP contribution in [0.3, 0.4) is 0 Å². The molecule has 0 bridgehead atoms. The summed E-state index contributed by atoms with van der Waals surface area (Å²) >= 11 is 0. The predicted octanol–water partition coefficient (Wildman–Crippen LogP) is 4.41. The summed E-state index contributed by atoms with van der Waals surface area (Å²) in [6, 6.07) is 0. The van der Waals surface area contributed by atoms with E-state index in [4.69, 9.17) is 0 Å². The van der Waals surface area contributed by atoms with Crippen LogP contribution in [-0.2, 0) is 9.59 Å². The van der Waals surface area contributed by atoms with Crippen LogP contribution in [0.2, 0.25) is 0 Å². The fourth-order valence-electron chi connectivity index (χ4n) is 2.18. The van der Waals surface area contributed by atoms with Gasteiger partial charge in [-0.25, -0.2) is 0 Å². The van der Waals surface area contributed by atoms with Crippen molar-refractivity contribution in [1.82, 2.24) is 0 Å². The van der Waals surface area contributed by atoms with Crippen molar-refractivity contribution in [2.75, 3.05) is 0 Å². The number of carbonyl (C=O) groups is 2. The molecular formula is C15H30O2. The zero-order valence-corrected chi connectivity index (χ0v) is 12.5. The Balaban J connectivity index is 0. The smallest absolute Gasteiger partial charge is 0.132 e. The van der Waals surface area contributed by atoms with Crippen molar-refractivity contribution in [3.05, 3.63) is 0 Å². The zero-order chi connectivity index (χ0) is 13.8. The maximum absolute atomic E-state index is 11.1. The van der Waals surface area contributed by atoms with Gasteiger partial charge in [-0.2, -0.15) is 0 Å². The highest BCUT2D eigenvalue weighted by molar-refractivity contribution is 5.78. The van der Waals surface area contributed by atoms with Crippen molar-refractivity contribution in [2.45, 2.75) is 73.6 Å². The van der Waals surface area contributed by atoms with E-state index in [2.05, 4.69) is 0 Å². The number of hydrogen-bond donors (Lipinski definition) is 0. The molecule has 0 aromatic heterocycles. The van der Waals surface area contributed by atoms with Crippen LogP contribution in [-0.4, -0.2) is 11.6 Å². The topological polar surface area (TPSA) is 34.1 Å². The van der Waals surface area contributed by atoms with E-state index in [9.17, 15) is 9.59 Å². The van der Waals surface area contributed by atoms with Crippen molar-refractivity contribution in [3.8, 4) is 0 Å². The van der Waals surface area contributed by atoms with Gasteiger partial charge in [-0.3, -0.25) is 4.79 Å². The Bertz CT molecular complexity index is 201. The number of Topliss-reactive ketones (excluding diaryl/α,β-unsaturated/α-hetero) is 2. The molecule has 0 aromatic carbocycles. The van der Waals surface area contributed by atoms with E-state index >= 15 is 0 Å². The summed E-state index contributed by atoms with van der Waals surface area (Å²) in [6.07, 6.45) is 4.82. The van der Waals surface area contributed by atoms with Gasteiger partial charge in [0.1, 0.15) is 11.6 Å². The van der Waals surface area contributed by atoms with Crippen molar-refractivity contribution < 1.29 is 9.59 Å². The van der Waals surface area contributed by atoms with Gasteiger partial charge in [0.25, 0.3) is 0 Å². The van der Waals surface area contributed by atoms with Gasteiger partial charge < -0.3 is 4.79 Å². The van der Waals surface area contributed by atoms with E-state index in [0.717, 1.165) is 25.7 Å². The van der Waals surface area contributed by atoms with Gasteiger partial charge in [0, 0.05) is 12.3 Å². The molecule has 0 amide bonds. The maximum atomic E-state index is 11.1. The van der Waals surface area contributed by atoms with E-state index in [1.54, 1.807) is 13.8 Å². The minimum atomic E-state index is 0.281.